The average Bonchev–Trinajstić information content (AvgIpc) is 2.52. The van der Waals surface area contributed by atoms with E-state index >= 15 is 0 Å². The van der Waals surface area contributed by atoms with Crippen molar-refractivity contribution < 1.29 is 27.1 Å². The summed E-state index contributed by atoms with van der Waals surface area (Å²) in [4.78, 5) is 11.8. The van der Waals surface area contributed by atoms with Crippen molar-refractivity contribution in [3.05, 3.63) is 58.9 Å². The fourth-order valence-corrected chi connectivity index (χ4v) is 2.13. The fourth-order valence-electron chi connectivity index (χ4n) is 2.13. The second kappa shape index (κ2) is 6.08. The van der Waals surface area contributed by atoms with Gasteiger partial charge in [0.05, 0.1) is 24.3 Å². The van der Waals surface area contributed by atoms with Crippen LogP contribution in [0.3, 0.4) is 0 Å². The van der Waals surface area contributed by atoms with E-state index in [1.165, 1.54) is 24.3 Å². The summed E-state index contributed by atoms with van der Waals surface area (Å²) in [5.74, 6) is -2.86. The Labute approximate surface area is 128 Å². The predicted octanol–water partition coefficient (Wildman–Crippen LogP) is 4.17. The van der Waals surface area contributed by atoms with Gasteiger partial charge in [-0.1, -0.05) is 18.2 Å². The number of nitrogens with zero attached hydrogens (tertiary/aromatic N) is 1. The Bertz CT molecular complexity index is 789. The molecule has 23 heavy (non-hydrogen) atoms. The number of methoxy groups -OCH3 is 1. The van der Waals surface area contributed by atoms with Crippen LogP contribution >= 0.6 is 0 Å². The van der Waals surface area contributed by atoms with E-state index in [4.69, 9.17) is 5.26 Å². The molecule has 0 saturated carbocycles. The second-order valence-electron chi connectivity index (χ2n) is 4.52. The molecule has 0 spiro atoms. The van der Waals surface area contributed by atoms with Crippen LogP contribution in [0, 0.1) is 17.1 Å². The SMILES string of the molecule is COC(=O)c1c(-c2ccc(C#N)cc2)ccc(F)c1C(F)(F)F. The molecular formula is C16H9F4NO2. The molecule has 7 heteroatoms. The van der Waals surface area contributed by atoms with Gasteiger partial charge in [0.15, 0.2) is 0 Å². The lowest BCUT2D eigenvalue weighted by Gasteiger charge is -2.16. The highest BCUT2D eigenvalue weighted by Gasteiger charge is 2.40. The summed E-state index contributed by atoms with van der Waals surface area (Å²) >= 11 is 0. The molecule has 0 saturated heterocycles. The average molecular weight is 323 g/mol. The Morgan fingerprint density at radius 1 is 1.13 bits per heavy atom. The Morgan fingerprint density at radius 3 is 2.22 bits per heavy atom. The van der Waals surface area contributed by atoms with E-state index in [1.54, 1.807) is 0 Å². The van der Waals surface area contributed by atoms with Gasteiger partial charge in [0.2, 0.25) is 0 Å². The number of carbonyl (C=O) groups excluding carboxylic acids is 1. The quantitative estimate of drug-likeness (QED) is 0.615. The van der Waals surface area contributed by atoms with Gasteiger partial charge in [-0.3, -0.25) is 0 Å². The maximum Gasteiger partial charge on any atom is 0.420 e. The van der Waals surface area contributed by atoms with Gasteiger partial charge in [0.1, 0.15) is 11.4 Å². The monoisotopic (exact) mass is 323 g/mol. The van der Waals surface area contributed by atoms with Crippen molar-refractivity contribution >= 4 is 5.97 Å². The molecule has 2 rings (SSSR count). The highest BCUT2D eigenvalue weighted by atomic mass is 19.4. The number of alkyl halides is 3. The van der Waals surface area contributed by atoms with Crippen molar-refractivity contribution in [2.75, 3.05) is 7.11 Å². The topological polar surface area (TPSA) is 50.1 Å². The normalized spacial score (nSPS) is 11.0. The maximum atomic E-state index is 13.7. The molecular weight excluding hydrogens is 314 g/mol. The minimum absolute atomic E-state index is 0.130. The van der Waals surface area contributed by atoms with E-state index in [9.17, 15) is 22.4 Å². The standard InChI is InChI=1S/C16H9F4NO2/c1-23-15(22)13-11(10-4-2-9(8-21)3-5-10)6-7-12(17)14(13)16(18,19)20/h2-7H,1H3. The van der Waals surface area contributed by atoms with Crippen molar-refractivity contribution in [1.82, 2.24) is 0 Å². The molecule has 0 bridgehead atoms. The van der Waals surface area contributed by atoms with Crippen molar-refractivity contribution in [3.8, 4) is 17.2 Å². The molecule has 0 aliphatic rings. The number of halogens is 4. The predicted molar refractivity (Wildman–Crippen MR) is 72.9 cm³/mol. The summed E-state index contributed by atoms with van der Waals surface area (Å²) in [5, 5.41) is 8.74. The number of hydrogen-bond donors (Lipinski definition) is 0. The zero-order valence-corrected chi connectivity index (χ0v) is 11.7. The van der Waals surface area contributed by atoms with Gasteiger partial charge in [0, 0.05) is 0 Å². The maximum absolute atomic E-state index is 13.7. The summed E-state index contributed by atoms with van der Waals surface area (Å²) in [6.45, 7) is 0. The van der Waals surface area contributed by atoms with E-state index in [1.807, 2.05) is 6.07 Å². The third-order valence-corrected chi connectivity index (χ3v) is 3.15. The fraction of sp³-hybridized carbons (Fsp3) is 0.125. The molecule has 0 N–H and O–H groups in total. The van der Waals surface area contributed by atoms with E-state index in [0.29, 0.717) is 11.6 Å². The molecule has 0 aliphatic carbocycles. The van der Waals surface area contributed by atoms with Crippen molar-refractivity contribution in [2.45, 2.75) is 6.18 Å². The van der Waals surface area contributed by atoms with Crippen LogP contribution in [0.15, 0.2) is 36.4 Å². The minimum Gasteiger partial charge on any atom is -0.465 e. The third kappa shape index (κ3) is 3.16. The Kier molecular flexibility index (Phi) is 4.36. The summed E-state index contributed by atoms with van der Waals surface area (Å²) in [7, 11) is 0.913. The number of ether oxygens (including phenoxy) is 1. The van der Waals surface area contributed by atoms with Crippen LogP contribution in [0.5, 0.6) is 0 Å². The first kappa shape index (κ1) is 16.5. The zero-order chi connectivity index (χ0) is 17.2. The van der Waals surface area contributed by atoms with Gasteiger partial charge in [-0.05, 0) is 29.3 Å². The molecule has 0 amide bonds. The molecule has 0 heterocycles. The van der Waals surface area contributed by atoms with Gasteiger partial charge >= 0.3 is 12.1 Å². The Hall–Kier alpha value is -2.88. The number of carbonyl (C=O) groups is 1. The highest BCUT2D eigenvalue weighted by molar-refractivity contribution is 5.99. The summed E-state index contributed by atoms with van der Waals surface area (Å²) < 4.78 is 57.5. The van der Waals surface area contributed by atoms with Gasteiger partial charge in [-0.15, -0.1) is 0 Å². The van der Waals surface area contributed by atoms with E-state index in [-0.39, 0.29) is 11.1 Å². The number of benzene rings is 2. The van der Waals surface area contributed by atoms with Gasteiger partial charge in [0.25, 0.3) is 0 Å². The second-order valence-corrected chi connectivity index (χ2v) is 4.52. The molecule has 0 fully saturated rings. The molecule has 0 atom stereocenters. The molecule has 0 radical (unpaired) electrons. The van der Waals surface area contributed by atoms with Crippen LogP contribution in [-0.4, -0.2) is 13.1 Å². The lowest BCUT2D eigenvalue weighted by molar-refractivity contribution is -0.140. The van der Waals surface area contributed by atoms with E-state index < -0.39 is 29.1 Å². The Morgan fingerprint density at radius 2 is 1.74 bits per heavy atom. The number of esters is 1. The molecule has 2 aromatic carbocycles. The Balaban J connectivity index is 2.78. The largest absolute Gasteiger partial charge is 0.465 e. The minimum atomic E-state index is -5.06. The smallest absolute Gasteiger partial charge is 0.420 e. The van der Waals surface area contributed by atoms with Gasteiger partial charge < -0.3 is 4.74 Å². The third-order valence-electron chi connectivity index (χ3n) is 3.15. The molecule has 118 valence electrons. The van der Waals surface area contributed by atoms with Crippen LogP contribution in [-0.2, 0) is 10.9 Å². The molecule has 0 aliphatic heterocycles. The van der Waals surface area contributed by atoms with Crippen molar-refractivity contribution in [3.63, 3.8) is 0 Å². The van der Waals surface area contributed by atoms with Gasteiger partial charge in [-0.2, -0.15) is 18.4 Å². The van der Waals surface area contributed by atoms with Crippen molar-refractivity contribution in [2.24, 2.45) is 0 Å². The first-order chi connectivity index (χ1) is 10.8. The number of rotatable bonds is 2. The highest BCUT2D eigenvalue weighted by Crippen LogP contribution is 2.39. The first-order valence-electron chi connectivity index (χ1n) is 6.28. The van der Waals surface area contributed by atoms with Crippen molar-refractivity contribution in [1.29, 1.82) is 5.26 Å². The van der Waals surface area contributed by atoms with Crippen LogP contribution in [0.25, 0.3) is 11.1 Å². The lowest BCUT2D eigenvalue weighted by atomic mass is 9.94. The summed E-state index contributed by atoms with van der Waals surface area (Å²) in [6.07, 6.45) is -5.06. The molecule has 0 unspecified atom stereocenters. The molecule has 3 nitrogen and oxygen atoms in total. The zero-order valence-electron chi connectivity index (χ0n) is 11.7. The lowest BCUT2D eigenvalue weighted by Crippen LogP contribution is -2.18. The summed E-state index contributed by atoms with van der Waals surface area (Å²) in [5.41, 5.74) is -2.17. The molecule has 2 aromatic rings. The van der Waals surface area contributed by atoms with Crippen LogP contribution in [0.4, 0.5) is 17.6 Å². The van der Waals surface area contributed by atoms with Crippen LogP contribution in [0.1, 0.15) is 21.5 Å². The van der Waals surface area contributed by atoms with Crippen LogP contribution in [0.2, 0.25) is 0 Å². The van der Waals surface area contributed by atoms with E-state index in [2.05, 4.69) is 4.74 Å². The van der Waals surface area contributed by atoms with Gasteiger partial charge in [-0.25, -0.2) is 9.18 Å². The first-order valence-corrected chi connectivity index (χ1v) is 6.28. The van der Waals surface area contributed by atoms with E-state index in [0.717, 1.165) is 13.2 Å². The summed E-state index contributed by atoms with van der Waals surface area (Å²) in [6, 6.07) is 9.09. The van der Waals surface area contributed by atoms with Crippen LogP contribution < -0.4 is 0 Å². The number of nitriles is 1. The number of hydrogen-bond acceptors (Lipinski definition) is 3. The molecule has 0 aromatic heterocycles.